The Hall–Kier alpha value is -2.11. The minimum atomic E-state index is -0.918. The lowest BCUT2D eigenvalue weighted by Gasteiger charge is -2.27. The highest BCUT2D eigenvalue weighted by Crippen LogP contribution is 2.29. The standard InChI is InChI=1S/C12H13NO5/c1-17-12(14)7-11-9(13(15)16)6-8-4-2-3-5-10(8)18-11/h2-5,9,11H,6-7H2,1H3/t9?,11-/m1/s1. The molecule has 0 aromatic heterocycles. The van der Waals surface area contributed by atoms with Crippen molar-refractivity contribution in [3.8, 4) is 5.75 Å². The lowest BCUT2D eigenvalue weighted by atomic mass is 9.96. The fourth-order valence-electron chi connectivity index (χ4n) is 2.02. The highest BCUT2D eigenvalue weighted by molar-refractivity contribution is 5.70. The van der Waals surface area contributed by atoms with E-state index in [4.69, 9.17) is 4.74 Å². The number of hydrogen-bond donors (Lipinski definition) is 0. The van der Waals surface area contributed by atoms with Gasteiger partial charge in [0.15, 0.2) is 6.10 Å². The van der Waals surface area contributed by atoms with Crippen LogP contribution in [0.4, 0.5) is 0 Å². The van der Waals surface area contributed by atoms with Crippen LogP contribution in [0.5, 0.6) is 5.75 Å². The number of benzene rings is 1. The van der Waals surface area contributed by atoms with E-state index in [1.54, 1.807) is 24.3 Å². The molecule has 0 amide bonds. The monoisotopic (exact) mass is 251 g/mol. The number of rotatable bonds is 3. The molecule has 96 valence electrons. The molecular weight excluding hydrogens is 238 g/mol. The van der Waals surface area contributed by atoms with Gasteiger partial charge in [-0.15, -0.1) is 0 Å². The predicted octanol–water partition coefficient (Wildman–Crippen LogP) is 1.20. The molecule has 0 bridgehead atoms. The maximum Gasteiger partial charge on any atom is 0.309 e. The first-order valence-electron chi connectivity index (χ1n) is 5.56. The van der Waals surface area contributed by atoms with Crippen LogP contribution in [-0.2, 0) is 16.0 Å². The predicted molar refractivity (Wildman–Crippen MR) is 62.0 cm³/mol. The second-order valence-electron chi connectivity index (χ2n) is 4.10. The number of nitrogens with zero attached hydrogens (tertiary/aromatic N) is 1. The molecule has 1 aliphatic heterocycles. The molecule has 2 rings (SSSR count). The van der Waals surface area contributed by atoms with Crippen LogP contribution in [0, 0.1) is 10.1 Å². The molecule has 6 nitrogen and oxygen atoms in total. The van der Waals surface area contributed by atoms with Crippen molar-refractivity contribution in [2.75, 3.05) is 7.11 Å². The molecule has 1 aliphatic rings. The second-order valence-corrected chi connectivity index (χ2v) is 4.10. The van der Waals surface area contributed by atoms with E-state index in [1.165, 1.54) is 7.11 Å². The van der Waals surface area contributed by atoms with Crippen LogP contribution < -0.4 is 4.74 Å². The maximum absolute atomic E-state index is 11.2. The van der Waals surface area contributed by atoms with Gasteiger partial charge in [0.25, 0.3) is 6.04 Å². The summed E-state index contributed by atoms with van der Waals surface area (Å²) in [5, 5.41) is 11.0. The lowest BCUT2D eigenvalue weighted by molar-refractivity contribution is -0.533. The van der Waals surface area contributed by atoms with Crippen LogP contribution >= 0.6 is 0 Å². The maximum atomic E-state index is 11.2. The van der Waals surface area contributed by atoms with Crippen molar-refractivity contribution in [1.29, 1.82) is 0 Å². The van der Waals surface area contributed by atoms with Gasteiger partial charge in [-0.05, 0) is 6.07 Å². The summed E-state index contributed by atoms with van der Waals surface area (Å²) in [5.74, 6) is 0.0933. The highest BCUT2D eigenvalue weighted by atomic mass is 16.6. The lowest BCUT2D eigenvalue weighted by Crippen LogP contribution is -2.44. The minimum Gasteiger partial charge on any atom is -0.482 e. The summed E-state index contributed by atoms with van der Waals surface area (Å²) >= 11 is 0. The number of para-hydroxylation sites is 1. The third kappa shape index (κ3) is 2.42. The van der Waals surface area contributed by atoms with E-state index in [-0.39, 0.29) is 12.8 Å². The van der Waals surface area contributed by atoms with Gasteiger partial charge in [0.2, 0.25) is 0 Å². The van der Waals surface area contributed by atoms with Crippen molar-refractivity contribution >= 4 is 5.97 Å². The summed E-state index contributed by atoms with van der Waals surface area (Å²) in [7, 11) is 1.25. The van der Waals surface area contributed by atoms with Crippen molar-refractivity contribution in [1.82, 2.24) is 0 Å². The average molecular weight is 251 g/mol. The molecule has 0 spiro atoms. The van der Waals surface area contributed by atoms with Crippen molar-refractivity contribution < 1.29 is 19.2 Å². The van der Waals surface area contributed by atoms with Crippen molar-refractivity contribution in [2.45, 2.75) is 25.0 Å². The number of fused-ring (bicyclic) bond motifs is 1. The Morgan fingerprint density at radius 3 is 2.94 bits per heavy atom. The fraction of sp³-hybridized carbons (Fsp3) is 0.417. The van der Waals surface area contributed by atoms with Gasteiger partial charge in [-0.3, -0.25) is 14.9 Å². The second kappa shape index (κ2) is 5.03. The number of nitro groups is 1. The van der Waals surface area contributed by atoms with E-state index in [0.29, 0.717) is 5.75 Å². The largest absolute Gasteiger partial charge is 0.482 e. The quantitative estimate of drug-likeness (QED) is 0.458. The summed E-state index contributed by atoms with van der Waals surface area (Å²) < 4.78 is 10.1. The first-order valence-corrected chi connectivity index (χ1v) is 5.56. The van der Waals surface area contributed by atoms with E-state index >= 15 is 0 Å². The summed E-state index contributed by atoms with van der Waals surface area (Å²) in [6.45, 7) is 0. The van der Waals surface area contributed by atoms with E-state index in [9.17, 15) is 14.9 Å². The van der Waals surface area contributed by atoms with Crippen LogP contribution in [0.1, 0.15) is 12.0 Å². The smallest absolute Gasteiger partial charge is 0.309 e. The van der Waals surface area contributed by atoms with Gasteiger partial charge in [-0.25, -0.2) is 0 Å². The molecule has 0 radical (unpaired) electrons. The zero-order valence-electron chi connectivity index (χ0n) is 9.87. The third-order valence-corrected chi connectivity index (χ3v) is 2.98. The molecule has 6 heteroatoms. The summed E-state index contributed by atoms with van der Waals surface area (Å²) in [6, 6.07) is 6.22. The van der Waals surface area contributed by atoms with E-state index in [2.05, 4.69) is 4.74 Å². The van der Waals surface area contributed by atoms with Crippen molar-refractivity contribution in [3.63, 3.8) is 0 Å². The van der Waals surface area contributed by atoms with Crippen molar-refractivity contribution in [3.05, 3.63) is 39.9 Å². The Morgan fingerprint density at radius 2 is 2.28 bits per heavy atom. The van der Waals surface area contributed by atoms with Gasteiger partial charge in [-0.2, -0.15) is 0 Å². The number of hydrogen-bond acceptors (Lipinski definition) is 5. The third-order valence-electron chi connectivity index (χ3n) is 2.98. The normalized spacial score (nSPS) is 21.6. The Morgan fingerprint density at radius 1 is 1.56 bits per heavy atom. The van der Waals surface area contributed by atoms with E-state index in [1.807, 2.05) is 0 Å². The average Bonchev–Trinajstić information content (AvgIpc) is 2.37. The molecule has 1 aromatic carbocycles. The first kappa shape index (κ1) is 12.3. The van der Waals surface area contributed by atoms with Gasteiger partial charge >= 0.3 is 5.97 Å². The van der Waals surface area contributed by atoms with Gasteiger partial charge in [0.05, 0.1) is 13.5 Å². The molecule has 18 heavy (non-hydrogen) atoms. The van der Waals surface area contributed by atoms with Gasteiger partial charge in [0, 0.05) is 16.9 Å². The molecule has 1 unspecified atom stereocenters. The number of methoxy groups -OCH3 is 1. The van der Waals surface area contributed by atoms with Crippen LogP contribution in [-0.4, -0.2) is 30.1 Å². The van der Waals surface area contributed by atoms with Crippen LogP contribution in [0.3, 0.4) is 0 Å². The van der Waals surface area contributed by atoms with Crippen LogP contribution in [0.15, 0.2) is 24.3 Å². The zero-order chi connectivity index (χ0) is 13.1. The molecule has 0 saturated heterocycles. The highest BCUT2D eigenvalue weighted by Gasteiger charge is 2.39. The number of ether oxygens (including phenoxy) is 2. The number of carbonyl (C=O) groups is 1. The van der Waals surface area contributed by atoms with Crippen LogP contribution in [0.25, 0.3) is 0 Å². The summed E-state index contributed by atoms with van der Waals surface area (Å²) in [5.41, 5.74) is 0.792. The molecule has 0 aliphatic carbocycles. The number of esters is 1. The Balaban J connectivity index is 2.23. The topological polar surface area (TPSA) is 78.7 Å². The zero-order valence-corrected chi connectivity index (χ0v) is 9.87. The molecular formula is C12H13NO5. The Bertz CT molecular complexity index is 473. The Labute approximate surface area is 104 Å². The van der Waals surface area contributed by atoms with E-state index < -0.39 is 23.0 Å². The minimum absolute atomic E-state index is 0.115. The molecule has 1 aromatic rings. The fourth-order valence-corrected chi connectivity index (χ4v) is 2.02. The van der Waals surface area contributed by atoms with Crippen LogP contribution in [0.2, 0.25) is 0 Å². The van der Waals surface area contributed by atoms with Gasteiger partial charge in [0.1, 0.15) is 5.75 Å². The van der Waals surface area contributed by atoms with Gasteiger partial charge in [-0.1, -0.05) is 18.2 Å². The van der Waals surface area contributed by atoms with E-state index in [0.717, 1.165) is 5.56 Å². The summed E-state index contributed by atoms with van der Waals surface area (Å²) in [4.78, 5) is 21.9. The van der Waals surface area contributed by atoms with Crippen molar-refractivity contribution in [2.24, 2.45) is 0 Å². The molecule has 1 heterocycles. The van der Waals surface area contributed by atoms with Gasteiger partial charge < -0.3 is 9.47 Å². The molecule has 0 saturated carbocycles. The molecule has 0 fully saturated rings. The summed E-state index contributed by atoms with van der Waals surface area (Å²) in [6.07, 6.45) is -0.622. The number of carbonyl (C=O) groups excluding carboxylic acids is 1. The molecule has 2 atom stereocenters. The SMILES string of the molecule is COC(=O)C[C@H]1Oc2ccccc2CC1[N+](=O)[O-]. The Kier molecular flexibility index (Phi) is 3.45. The first-order chi connectivity index (χ1) is 8.61. The molecule has 0 N–H and O–H groups in total.